The lowest BCUT2D eigenvalue weighted by atomic mass is 10.1. The molecule has 1 atom stereocenters. The second-order valence-corrected chi connectivity index (χ2v) is 8.17. The molecule has 1 rings (SSSR count). The Kier molecular flexibility index (Phi) is 6.03. The Morgan fingerprint density at radius 3 is 2.27 bits per heavy atom. The molecule has 9 heteroatoms. The van der Waals surface area contributed by atoms with Gasteiger partial charge in [-0.1, -0.05) is 46.9 Å². The molecule has 0 heterocycles. The lowest BCUT2D eigenvalue weighted by Gasteiger charge is -2.29. The number of nitro benzene ring substituents is 1. The van der Waals surface area contributed by atoms with Crippen LogP contribution in [0.25, 0.3) is 0 Å². The van der Waals surface area contributed by atoms with E-state index in [2.05, 4.69) is 5.32 Å². The van der Waals surface area contributed by atoms with Crippen molar-refractivity contribution in [2.24, 2.45) is 0 Å². The summed E-state index contributed by atoms with van der Waals surface area (Å²) in [4.78, 5) is 22.6. The number of benzene rings is 1. The van der Waals surface area contributed by atoms with E-state index < -0.39 is 20.8 Å². The molecule has 0 spiro atoms. The summed E-state index contributed by atoms with van der Waals surface area (Å²) in [6, 6.07) is 5.59. The molecule has 0 bridgehead atoms. The van der Waals surface area contributed by atoms with E-state index in [1.165, 1.54) is 24.3 Å². The Labute approximate surface area is 143 Å². The van der Waals surface area contributed by atoms with Gasteiger partial charge in [-0.15, -0.1) is 0 Å². The summed E-state index contributed by atoms with van der Waals surface area (Å²) in [7, 11) is 0. The summed E-state index contributed by atoms with van der Waals surface area (Å²) in [6.45, 7) is 5.65. The number of carbonyl (C=O) groups is 1. The first-order valence-electron chi connectivity index (χ1n) is 6.39. The van der Waals surface area contributed by atoms with Crippen LogP contribution in [-0.2, 0) is 0 Å². The molecule has 0 aliphatic rings. The van der Waals surface area contributed by atoms with E-state index in [4.69, 9.17) is 34.8 Å². The standard InChI is InChI=1S/C13H16Cl3N3O3/c1-12(2,3)18-11(13(14,15)16)17-10(20)8-6-4-5-7-9(8)19(21)22/h4-7,11,18H,1-3H3,(H,17,20)/p+1/t11-/m0/s1. The number of nitrogens with two attached hydrogens (primary N) is 1. The average Bonchev–Trinajstić information content (AvgIpc) is 2.35. The average molecular weight is 370 g/mol. The van der Waals surface area contributed by atoms with Crippen LogP contribution in [-0.4, -0.2) is 26.3 Å². The van der Waals surface area contributed by atoms with Gasteiger partial charge in [0.2, 0.25) is 6.17 Å². The van der Waals surface area contributed by atoms with Crippen molar-refractivity contribution in [3.05, 3.63) is 39.9 Å². The number of alkyl halides is 3. The molecule has 1 aromatic carbocycles. The van der Waals surface area contributed by atoms with Crippen molar-refractivity contribution in [2.75, 3.05) is 0 Å². The molecule has 3 N–H and O–H groups in total. The van der Waals surface area contributed by atoms with E-state index in [-0.39, 0.29) is 16.8 Å². The van der Waals surface area contributed by atoms with Crippen LogP contribution in [0.1, 0.15) is 31.1 Å². The predicted octanol–water partition coefficient (Wildman–Crippen LogP) is 2.38. The maximum Gasteiger partial charge on any atom is 0.282 e. The van der Waals surface area contributed by atoms with Crippen LogP contribution >= 0.6 is 34.8 Å². The minimum Gasteiger partial charge on any atom is -0.319 e. The maximum atomic E-state index is 12.3. The van der Waals surface area contributed by atoms with Crippen molar-refractivity contribution in [1.82, 2.24) is 5.32 Å². The number of nitrogens with zero attached hydrogens (tertiary/aromatic N) is 1. The van der Waals surface area contributed by atoms with Crippen molar-refractivity contribution >= 4 is 46.4 Å². The number of halogens is 3. The highest BCUT2D eigenvalue weighted by Crippen LogP contribution is 2.28. The van der Waals surface area contributed by atoms with Gasteiger partial charge in [-0.05, 0) is 26.8 Å². The van der Waals surface area contributed by atoms with Gasteiger partial charge in [-0.2, -0.15) is 0 Å². The number of hydrogen-bond donors (Lipinski definition) is 2. The molecule has 0 aliphatic carbocycles. The van der Waals surface area contributed by atoms with Gasteiger partial charge in [-0.25, -0.2) is 0 Å². The van der Waals surface area contributed by atoms with Crippen molar-refractivity contribution in [1.29, 1.82) is 0 Å². The number of rotatable bonds is 4. The van der Waals surface area contributed by atoms with Crippen LogP contribution in [0.4, 0.5) is 5.69 Å². The molecule has 0 unspecified atom stereocenters. The van der Waals surface area contributed by atoms with Crippen LogP contribution in [0.5, 0.6) is 0 Å². The molecule has 1 amide bonds. The highest BCUT2D eigenvalue weighted by molar-refractivity contribution is 6.68. The number of amides is 1. The highest BCUT2D eigenvalue weighted by Gasteiger charge is 2.40. The number of quaternary nitrogens is 1. The maximum absolute atomic E-state index is 12.3. The molecule has 0 radical (unpaired) electrons. The number of hydrogen-bond acceptors (Lipinski definition) is 3. The number of carbonyl (C=O) groups excluding carboxylic acids is 1. The summed E-state index contributed by atoms with van der Waals surface area (Å²) in [6.07, 6.45) is -0.898. The smallest absolute Gasteiger partial charge is 0.282 e. The Morgan fingerprint density at radius 2 is 1.82 bits per heavy atom. The summed E-state index contributed by atoms with van der Waals surface area (Å²) in [5.74, 6) is -0.677. The van der Waals surface area contributed by atoms with Gasteiger partial charge in [0.1, 0.15) is 5.56 Å². The third kappa shape index (κ3) is 5.61. The van der Waals surface area contributed by atoms with E-state index >= 15 is 0 Å². The van der Waals surface area contributed by atoms with Crippen LogP contribution < -0.4 is 10.6 Å². The van der Waals surface area contributed by atoms with E-state index in [1.807, 2.05) is 20.8 Å². The second-order valence-electron chi connectivity index (χ2n) is 5.80. The summed E-state index contributed by atoms with van der Waals surface area (Å²) < 4.78 is -1.77. The van der Waals surface area contributed by atoms with Crippen LogP contribution in [0.3, 0.4) is 0 Å². The minimum absolute atomic E-state index is 0.0888. The monoisotopic (exact) mass is 368 g/mol. The van der Waals surface area contributed by atoms with Crippen LogP contribution in [0, 0.1) is 10.1 Å². The van der Waals surface area contributed by atoms with Gasteiger partial charge >= 0.3 is 0 Å². The Morgan fingerprint density at radius 1 is 1.27 bits per heavy atom. The fourth-order valence-corrected chi connectivity index (χ4v) is 2.11. The Hall–Kier alpha value is -1.08. The fraction of sp³-hybridized carbons (Fsp3) is 0.462. The lowest BCUT2D eigenvalue weighted by molar-refractivity contribution is -0.749. The highest BCUT2D eigenvalue weighted by atomic mass is 35.6. The zero-order valence-electron chi connectivity index (χ0n) is 12.3. The molecule has 0 saturated carbocycles. The largest absolute Gasteiger partial charge is 0.319 e. The first kappa shape index (κ1) is 19.0. The molecule has 6 nitrogen and oxygen atoms in total. The van der Waals surface area contributed by atoms with Gasteiger partial charge in [-0.3, -0.25) is 20.2 Å². The molecule has 22 heavy (non-hydrogen) atoms. The second kappa shape index (κ2) is 7.00. The molecule has 0 aliphatic heterocycles. The van der Waals surface area contributed by atoms with Crippen LogP contribution in [0.15, 0.2) is 24.3 Å². The van der Waals surface area contributed by atoms with Crippen molar-refractivity contribution in [2.45, 2.75) is 36.3 Å². The predicted molar refractivity (Wildman–Crippen MR) is 86.3 cm³/mol. The minimum atomic E-state index is -1.77. The summed E-state index contributed by atoms with van der Waals surface area (Å²) in [5, 5.41) is 15.2. The Bertz CT molecular complexity index is 568. The third-order valence-corrected chi connectivity index (χ3v) is 3.36. The summed E-state index contributed by atoms with van der Waals surface area (Å²) in [5.41, 5.74) is -0.724. The first-order chi connectivity index (χ1) is 9.92. The Balaban J connectivity index is 3.05. The van der Waals surface area contributed by atoms with E-state index in [1.54, 1.807) is 5.32 Å². The van der Waals surface area contributed by atoms with E-state index in [9.17, 15) is 14.9 Å². The molecule has 0 saturated heterocycles. The quantitative estimate of drug-likeness (QED) is 0.369. The summed E-state index contributed by atoms with van der Waals surface area (Å²) >= 11 is 17.7. The van der Waals surface area contributed by atoms with E-state index in [0.29, 0.717) is 0 Å². The molecule has 1 aromatic rings. The number of nitrogens with one attached hydrogen (secondary N) is 1. The van der Waals surface area contributed by atoms with Gasteiger partial charge in [0.15, 0.2) is 0 Å². The zero-order valence-corrected chi connectivity index (χ0v) is 14.5. The number of nitro groups is 1. The SMILES string of the molecule is CC(C)(C)[NH2+][C@H](NC(=O)c1ccccc1[N+](=O)[O-])C(Cl)(Cl)Cl. The molecular weight excluding hydrogens is 353 g/mol. The topological polar surface area (TPSA) is 88.8 Å². The van der Waals surface area contributed by atoms with Gasteiger partial charge in [0.05, 0.1) is 10.5 Å². The first-order valence-corrected chi connectivity index (χ1v) is 7.52. The molecular formula is C13H17Cl3N3O3+. The van der Waals surface area contributed by atoms with Crippen molar-refractivity contribution < 1.29 is 15.0 Å². The molecule has 0 aromatic heterocycles. The van der Waals surface area contributed by atoms with Gasteiger partial charge in [0, 0.05) is 6.07 Å². The fourth-order valence-electron chi connectivity index (χ4n) is 1.76. The van der Waals surface area contributed by atoms with Crippen molar-refractivity contribution in [3.63, 3.8) is 0 Å². The number of para-hydroxylation sites is 1. The van der Waals surface area contributed by atoms with E-state index in [0.717, 1.165) is 0 Å². The van der Waals surface area contributed by atoms with Crippen molar-refractivity contribution in [3.8, 4) is 0 Å². The zero-order chi connectivity index (χ0) is 17.1. The molecule has 0 fully saturated rings. The van der Waals surface area contributed by atoms with Gasteiger partial charge in [0.25, 0.3) is 15.4 Å². The van der Waals surface area contributed by atoms with Crippen LogP contribution in [0.2, 0.25) is 0 Å². The third-order valence-electron chi connectivity index (χ3n) is 2.65. The molecule has 122 valence electrons. The van der Waals surface area contributed by atoms with Gasteiger partial charge < -0.3 is 5.32 Å². The normalized spacial score (nSPS) is 13.5. The lowest BCUT2D eigenvalue weighted by Crippen LogP contribution is -3.03.